The Hall–Kier alpha value is -2.20. The molecule has 0 atom stereocenters. The maximum absolute atomic E-state index is 6.16. The molecule has 0 amide bonds. The first-order chi connectivity index (χ1) is 13.7. The minimum absolute atomic E-state index is 0.105. The lowest BCUT2D eigenvalue weighted by Gasteiger charge is -2.43. The minimum atomic E-state index is 0.105. The van der Waals surface area contributed by atoms with E-state index in [2.05, 4.69) is 23.5 Å². The van der Waals surface area contributed by atoms with Crippen LogP contribution in [0.5, 0.6) is 11.5 Å². The summed E-state index contributed by atoms with van der Waals surface area (Å²) < 4.78 is 11.7. The van der Waals surface area contributed by atoms with Crippen molar-refractivity contribution in [2.45, 2.75) is 45.1 Å². The quantitative estimate of drug-likeness (QED) is 0.715. The molecule has 0 bridgehead atoms. The highest BCUT2D eigenvalue weighted by Gasteiger charge is 2.42. The Kier molecular flexibility index (Phi) is 4.67. The molecule has 1 fully saturated rings. The number of rotatable bonds is 2. The van der Waals surface area contributed by atoms with Crippen molar-refractivity contribution < 1.29 is 9.47 Å². The van der Waals surface area contributed by atoms with Gasteiger partial charge in [0.25, 0.3) is 0 Å². The fourth-order valence-corrected chi connectivity index (χ4v) is 5.01. The molecular formula is C23H25ClN2O2. The van der Waals surface area contributed by atoms with Gasteiger partial charge < -0.3 is 14.8 Å². The molecule has 5 rings (SSSR count). The predicted molar refractivity (Wildman–Crippen MR) is 113 cm³/mol. The summed E-state index contributed by atoms with van der Waals surface area (Å²) in [4.78, 5) is 5.07. The van der Waals surface area contributed by atoms with E-state index in [9.17, 15) is 0 Å². The standard InChI is InChI=1S/C23H25ClN2O2/c24-18-6-4-5-16(13-18)15-25-22-23(9-2-1-3-10-23)14-17-7-8-19-21(20(17)26-22)28-12-11-27-19/h4-8,13H,1-3,9-12,14-15H2,(H,25,26). The molecule has 0 saturated heterocycles. The Morgan fingerprint density at radius 3 is 2.75 bits per heavy atom. The summed E-state index contributed by atoms with van der Waals surface area (Å²) >= 11 is 6.16. The number of anilines is 1. The largest absolute Gasteiger partial charge is 0.486 e. The number of hydrogen-bond acceptors (Lipinski definition) is 3. The van der Waals surface area contributed by atoms with Crippen molar-refractivity contribution in [3.8, 4) is 11.5 Å². The molecule has 5 heteroatoms. The van der Waals surface area contributed by atoms with Crippen molar-refractivity contribution in [2.24, 2.45) is 10.4 Å². The summed E-state index contributed by atoms with van der Waals surface area (Å²) in [6.45, 7) is 1.82. The monoisotopic (exact) mass is 396 g/mol. The number of hydrogen-bond donors (Lipinski definition) is 1. The van der Waals surface area contributed by atoms with Crippen LogP contribution in [0.4, 0.5) is 5.69 Å². The lowest BCUT2D eigenvalue weighted by atomic mass is 9.67. The highest BCUT2D eigenvalue weighted by Crippen LogP contribution is 2.50. The summed E-state index contributed by atoms with van der Waals surface area (Å²) in [5.74, 6) is 2.76. The number of nitrogens with zero attached hydrogens (tertiary/aromatic N) is 1. The zero-order chi connectivity index (χ0) is 19.0. The van der Waals surface area contributed by atoms with E-state index in [-0.39, 0.29) is 5.41 Å². The molecule has 0 aromatic heterocycles. The van der Waals surface area contributed by atoms with Gasteiger partial charge in [-0.25, -0.2) is 0 Å². The van der Waals surface area contributed by atoms with Crippen LogP contribution in [-0.4, -0.2) is 19.0 Å². The van der Waals surface area contributed by atoms with E-state index >= 15 is 0 Å². The second-order valence-electron chi connectivity index (χ2n) is 8.06. The average Bonchev–Trinajstić information content (AvgIpc) is 2.73. The molecule has 146 valence electrons. The number of benzene rings is 2. The topological polar surface area (TPSA) is 42.9 Å². The van der Waals surface area contributed by atoms with Crippen LogP contribution in [0.2, 0.25) is 5.02 Å². The Morgan fingerprint density at radius 1 is 1.04 bits per heavy atom. The summed E-state index contributed by atoms with van der Waals surface area (Å²) in [5.41, 5.74) is 3.59. The van der Waals surface area contributed by atoms with Crippen molar-refractivity contribution in [2.75, 3.05) is 18.5 Å². The molecule has 0 unspecified atom stereocenters. The van der Waals surface area contributed by atoms with Crippen LogP contribution < -0.4 is 14.8 Å². The summed E-state index contributed by atoms with van der Waals surface area (Å²) in [7, 11) is 0. The van der Waals surface area contributed by atoms with E-state index in [0.29, 0.717) is 19.8 Å². The van der Waals surface area contributed by atoms with Gasteiger partial charge in [-0.1, -0.05) is 49.1 Å². The Bertz CT molecular complexity index is 919. The zero-order valence-corrected chi connectivity index (χ0v) is 16.7. The third kappa shape index (κ3) is 3.24. The molecule has 2 aliphatic heterocycles. The Labute approximate surface area is 170 Å². The van der Waals surface area contributed by atoms with E-state index in [1.165, 1.54) is 37.7 Å². The smallest absolute Gasteiger partial charge is 0.185 e. The predicted octanol–water partition coefficient (Wildman–Crippen LogP) is 5.63. The molecule has 1 N–H and O–H groups in total. The van der Waals surface area contributed by atoms with Gasteiger partial charge in [-0.05, 0) is 48.6 Å². The zero-order valence-electron chi connectivity index (χ0n) is 16.0. The van der Waals surface area contributed by atoms with Crippen molar-refractivity contribution >= 4 is 23.1 Å². The van der Waals surface area contributed by atoms with Crippen LogP contribution in [-0.2, 0) is 13.0 Å². The maximum Gasteiger partial charge on any atom is 0.185 e. The fraction of sp³-hybridized carbons (Fsp3) is 0.435. The Balaban J connectivity index is 1.53. The van der Waals surface area contributed by atoms with Crippen molar-refractivity contribution in [3.05, 3.63) is 52.5 Å². The second-order valence-corrected chi connectivity index (χ2v) is 8.50. The maximum atomic E-state index is 6.16. The number of aliphatic imine (C=N–C) groups is 1. The third-order valence-corrected chi connectivity index (χ3v) is 6.42. The number of halogens is 1. The van der Waals surface area contributed by atoms with Crippen LogP contribution in [0.25, 0.3) is 0 Å². The fourth-order valence-electron chi connectivity index (χ4n) is 4.80. The molecule has 3 aliphatic rings. The van der Waals surface area contributed by atoms with E-state index in [1.54, 1.807) is 0 Å². The van der Waals surface area contributed by atoms with Crippen molar-refractivity contribution in [1.82, 2.24) is 0 Å². The van der Waals surface area contributed by atoms with Gasteiger partial charge in [0.1, 0.15) is 19.0 Å². The van der Waals surface area contributed by atoms with Crippen LogP contribution in [0.1, 0.15) is 43.2 Å². The van der Waals surface area contributed by atoms with Crippen LogP contribution in [0.15, 0.2) is 41.4 Å². The molecule has 2 heterocycles. The minimum Gasteiger partial charge on any atom is -0.486 e. The molecule has 1 aliphatic carbocycles. The molecule has 28 heavy (non-hydrogen) atoms. The summed E-state index contributed by atoms with van der Waals surface area (Å²) in [6, 6.07) is 12.2. The number of fused-ring (bicyclic) bond motifs is 3. The molecule has 2 aromatic rings. The van der Waals surface area contributed by atoms with Gasteiger partial charge in [0.15, 0.2) is 11.5 Å². The van der Waals surface area contributed by atoms with E-state index in [0.717, 1.165) is 40.0 Å². The van der Waals surface area contributed by atoms with E-state index in [4.69, 9.17) is 26.1 Å². The normalized spacial score (nSPS) is 21.2. The Morgan fingerprint density at radius 2 is 1.89 bits per heavy atom. The number of amidine groups is 1. The van der Waals surface area contributed by atoms with Gasteiger partial charge in [0, 0.05) is 10.4 Å². The molecule has 1 saturated carbocycles. The highest BCUT2D eigenvalue weighted by atomic mass is 35.5. The number of ether oxygens (including phenoxy) is 2. The lowest BCUT2D eigenvalue weighted by molar-refractivity contribution is 0.172. The van der Waals surface area contributed by atoms with Crippen LogP contribution in [0, 0.1) is 5.41 Å². The second kappa shape index (κ2) is 7.32. The lowest BCUT2D eigenvalue weighted by Crippen LogP contribution is -2.43. The van der Waals surface area contributed by atoms with E-state index < -0.39 is 0 Å². The summed E-state index contributed by atoms with van der Waals surface area (Å²) in [5, 5.41) is 4.44. The van der Waals surface area contributed by atoms with Gasteiger partial charge in [-0.15, -0.1) is 0 Å². The molecular weight excluding hydrogens is 372 g/mol. The average molecular weight is 397 g/mol. The van der Waals surface area contributed by atoms with Gasteiger partial charge in [-0.3, -0.25) is 4.99 Å². The molecule has 4 nitrogen and oxygen atoms in total. The number of nitrogens with one attached hydrogen (secondary N) is 1. The SMILES string of the molecule is Clc1cccc(CN=C2Nc3c(ccc4c3OCCO4)CC23CCCCC3)c1. The first-order valence-electron chi connectivity index (χ1n) is 10.2. The molecule has 2 aromatic carbocycles. The van der Waals surface area contributed by atoms with E-state index in [1.807, 2.05) is 18.2 Å². The van der Waals surface area contributed by atoms with Gasteiger partial charge in [0.2, 0.25) is 0 Å². The van der Waals surface area contributed by atoms with Crippen LogP contribution >= 0.6 is 11.6 Å². The van der Waals surface area contributed by atoms with Crippen LogP contribution in [0.3, 0.4) is 0 Å². The van der Waals surface area contributed by atoms with Gasteiger partial charge in [0.05, 0.1) is 12.2 Å². The summed E-state index contributed by atoms with van der Waals surface area (Å²) in [6.07, 6.45) is 7.22. The van der Waals surface area contributed by atoms with Gasteiger partial charge in [-0.2, -0.15) is 0 Å². The van der Waals surface area contributed by atoms with Crippen molar-refractivity contribution in [3.63, 3.8) is 0 Å². The molecule has 1 spiro atoms. The highest BCUT2D eigenvalue weighted by molar-refractivity contribution is 6.30. The van der Waals surface area contributed by atoms with Gasteiger partial charge >= 0.3 is 0 Å². The first kappa shape index (κ1) is 17.9. The van der Waals surface area contributed by atoms with Crippen molar-refractivity contribution in [1.29, 1.82) is 0 Å². The third-order valence-electron chi connectivity index (χ3n) is 6.19. The molecule has 0 radical (unpaired) electrons. The first-order valence-corrected chi connectivity index (χ1v) is 10.6.